The minimum atomic E-state index is 0.549. The molecule has 0 spiro atoms. The van der Waals surface area contributed by atoms with Crippen LogP contribution in [-0.4, -0.2) is 4.98 Å². The number of rotatable bonds is 3. The van der Waals surface area contributed by atoms with Crippen LogP contribution in [-0.2, 0) is 6.61 Å². The number of halogens is 1. The van der Waals surface area contributed by atoms with Crippen molar-refractivity contribution in [2.24, 2.45) is 0 Å². The van der Waals surface area contributed by atoms with Crippen LogP contribution in [0.5, 0.6) is 5.75 Å². The topological polar surface area (TPSA) is 22.1 Å². The molecule has 1 aromatic heterocycles. The van der Waals surface area contributed by atoms with Gasteiger partial charge >= 0.3 is 0 Å². The lowest BCUT2D eigenvalue weighted by Crippen LogP contribution is -1.96. The van der Waals surface area contributed by atoms with Crippen molar-refractivity contribution in [3.8, 4) is 5.75 Å². The first kappa shape index (κ1) is 12.2. The summed E-state index contributed by atoms with van der Waals surface area (Å²) >= 11 is 3.46. The SMILES string of the molecule is Brc1cccc(COc2cccc3ncccc23)c1. The van der Waals surface area contributed by atoms with Gasteiger partial charge in [0.2, 0.25) is 0 Å². The van der Waals surface area contributed by atoms with Crippen LogP contribution in [0.15, 0.2) is 65.3 Å². The van der Waals surface area contributed by atoms with Crippen molar-refractivity contribution in [2.45, 2.75) is 6.61 Å². The highest BCUT2D eigenvalue weighted by Gasteiger charge is 2.02. The smallest absolute Gasteiger partial charge is 0.129 e. The van der Waals surface area contributed by atoms with Gasteiger partial charge in [0.05, 0.1) is 5.52 Å². The van der Waals surface area contributed by atoms with E-state index in [9.17, 15) is 0 Å². The normalized spacial score (nSPS) is 10.6. The molecule has 19 heavy (non-hydrogen) atoms. The van der Waals surface area contributed by atoms with E-state index in [0.717, 1.165) is 26.7 Å². The molecule has 0 aliphatic carbocycles. The molecule has 0 unspecified atom stereocenters. The molecule has 0 amide bonds. The third kappa shape index (κ3) is 2.76. The van der Waals surface area contributed by atoms with Gasteiger partial charge in [0.1, 0.15) is 12.4 Å². The van der Waals surface area contributed by atoms with Crippen LogP contribution in [0.4, 0.5) is 0 Å². The molecule has 3 rings (SSSR count). The highest BCUT2D eigenvalue weighted by molar-refractivity contribution is 9.10. The maximum absolute atomic E-state index is 5.90. The zero-order chi connectivity index (χ0) is 13.1. The third-order valence-corrected chi connectivity index (χ3v) is 3.38. The van der Waals surface area contributed by atoms with Crippen LogP contribution < -0.4 is 4.74 Å². The molecule has 0 fully saturated rings. The molecule has 0 bridgehead atoms. The van der Waals surface area contributed by atoms with Crippen molar-refractivity contribution in [1.29, 1.82) is 0 Å². The van der Waals surface area contributed by atoms with E-state index in [-0.39, 0.29) is 0 Å². The zero-order valence-corrected chi connectivity index (χ0v) is 11.8. The lowest BCUT2D eigenvalue weighted by atomic mass is 10.2. The molecule has 0 aliphatic rings. The Morgan fingerprint density at radius 3 is 2.79 bits per heavy atom. The summed E-state index contributed by atoms with van der Waals surface area (Å²) in [5.41, 5.74) is 2.09. The van der Waals surface area contributed by atoms with Gasteiger partial charge in [0, 0.05) is 16.1 Å². The molecule has 94 valence electrons. The van der Waals surface area contributed by atoms with E-state index in [4.69, 9.17) is 4.74 Å². The monoisotopic (exact) mass is 313 g/mol. The molecule has 1 heterocycles. The molecule has 3 heteroatoms. The summed E-state index contributed by atoms with van der Waals surface area (Å²) in [5, 5.41) is 1.04. The Morgan fingerprint density at radius 1 is 1.00 bits per heavy atom. The minimum Gasteiger partial charge on any atom is -0.488 e. The quantitative estimate of drug-likeness (QED) is 0.706. The van der Waals surface area contributed by atoms with Gasteiger partial charge in [-0.2, -0.15) is 0 Å². The van der Waals surface area contributed by atoms with Crippen LogP contribution in [0.3, 0.4) is 0 Å². The number of pyridine rings is 1. The predicted molar refractivity (Wildman–Crippen MR) is 80.2 cm³/mol. The molecule has 3 aromatic rings. The van der Waals surface area contributed by atoms with Gasteiger partial charge in [0.25, 0.3) is 0 Å². The summed E-state index contributed by atoms with van der Waals surface area (Å²) in [6.07, 6.45) is 1.79. The summed E-state index contributed by atoms with van der Waals surface area (Å²) in [6, 6.07) is 18.0. The van der Waals surface area contributed by atoms with E-state index in [1.165, 1.54) is 0 Å². The van der Waals surface area contributed by atoms with E-state index < -0.39 is 0 Å². The van der Waals surface area contributed by atoms with Crippen LogP contribution in [0.2, 0.25) is 0 Å². The van der Waals surface area contributed by atoms with Gasteiger partial charge in [-0.3, -0.25) is 4.98 Å². The second kappa shape index (κ2) is 5.41. The number of fused-ring (bicyclic) bond motifs is 1. The summed E-state index contributed by atoms with van der Waals surface area (Å²) in [6.45, 7) is 0.549. The average molecular weight is 314 g/mol. The van der Waals surface area contributed by atoms with E-state index >= 15 is 0 Å². The fourth-order valence-corrected chi connectivity index (χ4v) is 2.44. The average Bonchev–Trinajstić information content (AvgIpc) is 2.45. The molecule has 0 radical (unpaired) electrons. The Bertz CT molecular complexity index is 706. The maximum Gasteiger partial charge on any atom is 0.129 e. The van der Waals surface area contributed by atoms with Crippen LogP contribution in [0.1, 0.15) is 5.56 Å². The van der Waals surface area contributed by atoms with E-state index in [1.54, 1.807) is 6.20 Å². The van der Waals surface area contributed by atoms with Gasteiger partial charge < -0.3 is 4.74 Å². The fraction of sp³-hybridized carbons (Fsp3) is 0.0625. The number of nitrogens with zero attached hydrogens (tertiary/aromatic N) is 1. The lowest BCUT2D eigenvalue weighted by Gasteiger charge is -2.09. The van der Waals surface area contributed by atoms with Crippen molar-refractivity contribution in [2.75, 3.05) is 0 Å². The van der Waals surface area contributed by atoms with Gasteiger partial charge in [-0.25, -0.2) is 0 Å². The zero-order valence-electron chi connectivity index (χ0n) is 10.2. The van der Waals surface area contributed by atoms with Gasteiger partial charge in [-0.05, 0) is 42.0 Å². The molecule has 0 aliphatic heterocycles. The second-order valence-electron chi connectivity index (χ2n) is 4.24. The number of hydrogen-bond donors (Lipinski definition) is 0. The van der Waals surface area contributed by atoms with Crippen molar-refractivity contribution in [3.05, 3.63) is 70.8 Å². The van der Waals surface area contributed by atoms with Gasteiger partial charge in [-0.1, -0.05) is 34.1 Å². The standard InChI is InChI=1S/C16H12BrNO/c17-13-5-1-4-12(10-13)11-19-16-8-2-7-15-14(16)6-3-9-18-15/h1-10H,11H2. The summed E-state index contributed by atoms with van der Waals surface area (Å²) in [5.74, 6) is 0.866. The predicted octanol–water partition coefficient (Wildman–Crippen LogP) is 4.58. The molecule has 0 saturated heterocycles. The molecule has 2 nitrogen and oxygen atoms in total. The largest absolute Gasteiger partial charge is 0.488 e. The summed E-state index contributed by atoms with van der Waals surface area (Å²) < 4.78 is 6.96. The Balaban J connectivity index is 1.86. The highest BCUT2D eigenvalue weighted by Crippen LogP contribution is 2.24. The molecular weight excluding hydrogens is 302 g/mol. The third-order valence-electron chi connectivity index (χ3n) is 2.89. The lowest BCUT2D eigenvalue weighted by molar-refractivity contribution is 0.310. The first-order valence-corrected chi connectivity index (χ1v) is 6.83. The Morgan fingerprint density at radius 2 is 1.89 bits per heavy atom. The highest BCUT2D eigenvalue weighted by atomic mass is 79.9. The first-order chi connectivity index (χ1) is 9.33. The summed E-state index contributed by atoms with van der Waals surface area (Å²) in [4.78, 5) is 4.32. The Hall–Kier alpha value is -1.87. The van der Waals surface area contributed by atoms with E-state index in [2.05, 4.69) is 27.0 Å². The van der Waals surface area contributed by atoms with Crippen molar-refractivity contribution in [1.82, 2.24) is 4.98 Å². The fourth-order valence-electron chi connectivity index (χ4n) is 1.99. The minimum absolute atomic E-state index is 0.549. The van der Waals surface area contributed by atoms with Crippen molar-refractivity contribution >= 4 is 26.8 Å². The van der Waals surface area contributed by atoms with Crippen LogP contribution in [0, 0.1) is 0 Å². The number of ether oxygens (including phenoxy) is 1. The van der Waals surface area contributed by atoms with Gasteiger partial charge in [-0.15, -0.1) is 0 Å². The summed E-state index contributed by atoms with van der Waals surface area (Å²) in [7, 11) is 0. The molecule has 0 N–H and O–H groups in total. The first-order valence-electron chi connectivity index (χ1n) is 6.04. The number of hydrogen-bond acceptors (Lipinski definition) is 2. The number of benzene rings is 2. The van der Waals surface area contributed by atoms with Crippen LogP contribution >= 0.6 is 15.9 Å². The Labute approximate surface area is 120 Å². The molecular formula is C16H12BrNO. The van der Waals surface area contributed by atoms with Gasteiger partial charge in [0.15, 0.2) is 0 Å². The second-order valence-corrected chi connectivity index (χ2v) is 5.16. The van der Waals surface area contributed by atoms with Crippen LogP contribution in [0.25, 0.3) is 10.9 Å². The molecule has 0 atom stereocenters. The molecule has 0 saturated carbocycles. The Kier molecular flexibility index (Phi) is 3.47. The number of aromatic nitrogens is 1. The van der Waals surface area contributed by atoms with E-state index in [1.807, 2.05) is 48.5 Å². The van der Waals surface area contributed by atoms with Crippen molar-refractivity contribution in [3.63, 3.8) is 0 Å². The van der Waals surface area contributed by atoms with E-state index in [0.29, 0.717) is 6.61 Å². The molecule has 2 aromatic carbocycles. The van der Waals surface area contributed by atoms with Crippen molar-refractivity contribution < 1.29 is 4.74 Å². The maximum atomic E-state index is 5.90.